The normalized spacial score (nSPS) is 24.2. The fourth-order valence-corrected chi connectivity index (χ4v) is 5.46. The van der Waals surface area contributed by atoms with Crippen molar-refractivity contribution in [1.29, 1.82) is 0 Å². The van der Waals surface area contributed by atoms with E-state index in [0.29, 0.717) is 23.7 Å². The molecule has 3 aromatic rings. The molecule has 0 amide bonds. The van der Waals surface area contributed by atoms with Crippen molar-refractivity contribution < 1.29 is 8.42 Å². The third-order valence-corrected chi connectivity index (χ3v) is 6.60. The molecule has 1 aliphatic carbocycles. The van der Waals surface area contributed by atoms with Crippen LogP contribution < -0.4 is 10.0 Å². The average Bonchev–Trinajstić information content (AvgIpc) is 3.35. The van der Waals surface area contributed by atoms with Crippen molar-refractivity contribution in [2.45, 2.75) is 31.5 Å². The Labute approximate surface area is 170 Å². The number of fused-ring (bicyclic) bond motifs is 3. The molecule has 5 rings (SSSR count). The summed E-state index contributed by atoms with van der Waals surface area (Å²) < 4.78 is 25.6. The molecule has 2 aromatic carbocycles. The van der Waals surface area contributed by atoms with Crippen LogP contribution in [0.3, 0.4) is 0 Å². The van der Waals surface area contributed by atoms with Gasteiger partial charge >= 0.3 is 0 Å². The van der Waals surface area contributed by atoms with Crippen LogP contribution in [0.2, 0.25) is 0 Å². The lowest BCUT2D eigenvalue weighted by Gasteiger charge is -2.34. The summed E-state index contributed by atoms with van der Waals surface area (Å²) in [4.78, 5) is 2.53. The monoisotopic (exact) mass is 411 g/mol. The topological polar surface area (TPSA) is 90.1 Å². The number of nitrogens with zero attached hydrogens (tertiary/aromatic N) is 2. The highest BCUT2D eigenvalue weighted by atomic mass is 32.2. The zero-order chi connectivity index (χ0) is 20.0. The first-order valence-corrected chi connectivity index (χ1v) is 11.8. The number of H-pyrrole nitrogens is 1. The Morgan fingerprint density at radius 2 is 2.07 bits per heavy atom. The van der Waals surface area contributed by atoms with E-state index >= 15 is 0 Å². The Morgan fingerprint density at radius 1 is 1.17 bits per heavy atom. The van der Waals surface area contributed by atoms with Gasteiger partial charge in [0.05, 0.1) is 18.0 Å². The lowest BCUT2D eigenvalue weighted by Crippen LogP contribution is -2.44. The van der Waals surface area contributed by atoms with Gasteiger partial charge in [-0.15, -0.1) is 0 Å². The minimum atomic E-state index is -3.26. The van der Waals surface area contributed by atoms with Gasteiger partial charge in [-0.05, 0) is 54.7 Å². The van der Waals surface area contributed by atoms with E-state index in [1.807, 2.05) is 18.3 Å². The Hall–Kier alpha value is -2.58. The number of hydrogen-bond acceptors (Lipinski definition) is 5. The minimum Gasteiger partial charge on any atom is -0.381 e. The van der Waals surface area contributed by atoms with Crippen LogP contribution in [0.15, 0.2) is 48.7 Å². The first-order valence-electron chi connectivity index (χ1n) is 9.93. The number of anilines is 2. The van der Waals surface area contributed by atoms with Crippen LogP contribution in [0, 0.1) is 5.92 Å². The van der Waals surface area contributed by atoms with E-state index in [1.54, 1.807) is 6.07 Å². The molecule has 0 spiro atoms. The van der Waals surface area contributed by atoms with Crippen LogP contribution in [-0.2, 0) is 16.6 Å². The maximum absolute atomic E-state index is 11.5. The van der Waals surface area contributed by atoms with E-state index in [9.17, 15) is 8.42 Å². The molecular weight excluding hydrogens is 386 g/mol. The van der Waals surface area contributed by atoms with Gasteiger partial charge in [-0.1, -0.05) is 12.1 Å². The SMILES string of the molecule is CS(=O)(=O)Nc1cccc(CN2CC3CC(Nc4ccc5[nH]ncc5c4)C2C3)c1. The molecule has 29 heavy (non-hydrogen) atoms. The fourth-order valence-electron chi connectivity index (χ4n) is 4.90. The summed E-state index contributed by atoms with van der Waals surface area (Å²) in [6.07, 6.45) is 5.44. The predicted molar refractivity (Wildman–Crippen MR) is 115 cm³/mol. The summed E-state index contributed by atoms with van der Waals surface area (Å²) in [5, 5.41) is 11.9. The third kappa shape index (κ3) is 3.95. The van der Waals surface area contributed by atoms with E-state index in [4.69, 9.17) is 0 Å². The quantitative estimate of drug-likeness (QED) is 0.580. The highest BCUT2D eigenvalue weighted by molar-refractivity contribution is 7.92. The van der Waals surface area contributed by atoms with Crippen LogP contribution in [0.5, 0.6) is 0 Å². The number of piperidine rings is 1. The molecule has 3 unspecified atom stereocenters. The number of aromatic nitrogens is 2. The van der Waals surface area contributed by atoms with Crippen LogP contribution in [-0.4, -0.2) is 48.4 Å². The highest BCUT2D eigenvalue weighted by Crippen LogP contribution is 2.40. The van der Waals surface area contributed by atoms with Gasteiger partial charge in [0.2, 0.25) is 10.0 Å². The zero-order valence-electron chi connectivity index (χ0n) is 16.3. The Balaban J connectivity index is 1.28. The van der Waals surface area contributed by atoms with Crippen LogP contribution in [0.25, 0.3) is 10.9 Å². The maximum atomic E-state index is 11.5. The molecule has 1 saturated heterocycles. The molecule has 152 valence electrons. The number of sulfonamides is 1. The summed E-state index contributed by atoms with van der Waals surface area (Å²) in [6.45, 7) is 1.94. The van der Waals surface area contributed by atoms with Gasteiger partial charge in [-0.2, -0.15) is 5.10 Å². The van der Waals surface area contributed by atoms with E-state index in [2.05, 4.69) is 49.4 Å². The van der Waals surface area contributed by atoms with Crippen molar-refractivity contribution in [2.75, 3.05) is 22.8 Å². The molecule has 1 aliphatic heterocycles. The van der Waals surface area contributed by atoms with Gasteiger partial charge in [0.15, 0.2) is 0 Å². The van der Waals surface area contributed by atoms with E-state index in [-0.39, 0.29) is 0 Å². The molecule has 1 saturated carbocycles. The van der Waals surface area contributed by atoms with Crippen molar-refractivity contribution in [3.8, 4) is 0 Å². The molecular formula is C21H25N5O2S. The van der Waals surface area contributed by atoms with Crippen molar-refractivity contribution in [3.05, 3.63) is 54.2 Å². The molecule has 0 radical (unpaired) electrons. The number of benzene rings is 2. The second-order valence-electron chi connectivity index (χ2n) is 8.33. The summed E-state index contributed by atoms with van der Waals surface area (Å²) >= 11 is 0. The average molecular weight is 412 g/mol. The lowest BCUT2D eigenvalue weighted by molar-refractivity contribution is 0.193. The van der Waals surface area contributed by atoms with Gasteiger partial charge < -0.3 is 5.32 Å². The van der Waals surface area contributed by atoms with Crippen molar-refractivity contribution >= 4 is 32.3 Å². The molecule has 2 aliphatic rings. The maximum Gasteiger partial charge on any atom is 0.229 e. The first-order chi connectivity index (χ1) is 13.9. The second-order valence-corrected chi connectivity index (χ2v) is 10.1. The fraction of sp³-hybridized carbons (Fsp3) is 0.381. The Bertz CT molecular complexity index is 1140. The van der Waals surface area contributed by atoms with Gasteiger partial charge in [0, 0.05) is 41.9 Å². The van der Waals surface area contributed by atoms with Crippen molar-refractivity contribution in [2.24, 2.45) is 5.92 Å². The van der Waals surface area contributed by atoms with E-state index in [1.165, 1.54) is 19.1 Å². The molecule has 3 N–H and O–H groups in total. The highest BCUT2D eigenvalue weighted by Gasteiger charge is 2.44. The zero-order valence-corrected chi connectivity index (χ0v) is 17.1. The summed E-state index contributed by atoms with van der Waals surface area (Å²) in [5.74, 6) is 0.715. The van der Waals surface area contributed by atoms with Gasteiger partial charge in [-0.3, -0.25) is 14.7 Å². The third-order valence-electron chi connectivity index (χ3n) is 6.00. The standard InChI is InChI=1S/C21H25N5O2S/c1-29(27,28)25-18-4-2-3-14(7-18)12-26-13-15-8-20(21(26)9-15)23-17-5-6-19-16(10-17)11-22-24-19/h2-7,10-11,15,20-21,23,25H,8-9,12-13H2,1H3,(H,22,24). The van der Waals surface area contributed by atoms with E-state index < -0.39 is 10.0 Å². The number of likely N-dealkylation sites (tertiary alicyclic amines) is 1. The van der Waals surface area contributed by atoms with Gasteiger partial charge in [0.1, 0.15) is 0 Å². The molecule has 3 atom stereocenters. The van der Waals surface area contributed by atoms with Gasteiger partial charge in [-0.25, -0.2) is 8.42 Å². The van der Waals surface area contributed by atoms with Crippen LogP contribution in [0.4, 0.5) is 11.4 Å². The summed E-state index contributed by atoms with van der Waals surface area (Å²) in [6, 6.07) is 14.9. The molecule has 2 bridgehead atoms. The predicted octanol–water partition coefficient (Wildman–Crippen LogP) is 3.01. The molecule has 2 heterocycles. The van der Waals surface area contributed by atoms with Crippen LogP contribution in [0.1, 0.15) is 18.4 Å². The van der Waals surface area contributed by atoms with Gasteiger partial charge in [0.25, 0.3) is 0 Å². The lowest BCUT2D eigenvalue weighted by atomic mass is 10.0. The summed E-state index contributed by atoms with van der Waals surface area (Å²) in [7, 11) is -3.26. The summed E-state index contributed by atoms with van der Waals surface area (Å²) in [5.41, 5.74) is 3.94. The number of nitrogens with one attached hydrogen (secondary N) is 3. The molecule has 7 nitrogen and oxygen atoms in total. The smallest absolute Gasteiger partial charge is 0.229 e. The second kappa shape index (κ2) is 7.03. The Morgan fingerprint density at radius 3 is 2.90 bits per heavy atom. The Kier molecular flexibility index (Phi) is 4.48. The molecule has 2 fully saturated rings. The molecule has 1 aromatic heterocycles. The van der Waals surface area contributed by atoms with Crippen LogP contribution >= 0.6 is 0 Å². The largest absolute Gasteiger partial charge is 0.381 e. The first kappa shape index (κ1) is 18.4. The minimum absolute atomic E-state index is 0.426. The number of hydrogen-bond donors (Lipinski definition) is 3. The van der Waals surface area contributed by atoms with Crippen molar-refractivity contribution in [1.82, 2.24) is 15.1 Å². The van der Waals surface area contributed by atoms with Crippen molar-refractivity contribution in [3.63, 3.8) is 0 Å². The molecule has 8 heteroatoms. The van der Waals surface area contributed by atoms with E-state index in [0.717, 1.165) is 35.2 Å². The number of rotatable bonds is 6. The number of aromatic amines is 1.